The van der Waals surface area contributed by atoms with Crippen LogP contribution in [0.3, 0.4) is 0 Å². The van der Waals surface area contributed by atoms with Gasteiger partial charge in [-0.2, -0.15) is 5.10 Å². The van der Waals surface area contributed by atoms with E-state index in [1.54, 1.807) is 11.6 Å². The van der Waals surface area contributed by atoms with Crippen LogP contribution in [-0.4, -0.2) is 42.8 Å². The molecule has 0 radical (unpaired) electrons. The van der Waals surface area contributed by atoms with Gasteiger partial charge in [0.05, 0.1) is 30.8 Å². The number of aryl methyl sites for hydroxylation is 1. The van der Waals surface area contributed by atoms with E-state index in [9.17, 15) is 13.2 Å². The van der Waals surface area contributed by atoms with Crippen LogP contribution in [0.25, 0.3) is 0 Å². The second-order valence-electron chi connectivity index (χ2n) is 4.67. The smallest absolute Gasteiger partial charge is 0.341 e. The zero-order chi connectivity index (χ0) is 14.6. The van der Waals surface area contributed by atoms with Crippen molar-refractivity contribution in [3.05, 3.63) is 17.5 Å². The Labute approximate surface area is 113 Å². The molecule has 0 saturated carbocycles. The number of hydrogen-bond acceptors (Lipinski definition) is 5. The molecule has 108 valence electrons. The molecule has 1 aromatic rings. The van der Waals surface area contributed by atoms with Crippen LogP contribution in [0.4, 0.5) is 0 Å². The lowest BCUT2D eigenvalue weighted by molar-refractivity contribution is 0.0524. The Balaban J connectivity index is 3.03. The van der Waals surface area contributed by atoms with Crippen LogP contribution >= 0.6 is 0 Å². The Morgan fingerprint density at radius 3 is 2.58 bits per heavy atom. The highest BCUT2D eigenvalue weighted by molar-refractivity contribution is 7.90. The maximum absolute atomic E-state index is 11.8. The van der Waals surface area contributed by atoms with Gasteiger partial charge in [0.15, 0.2) is 0 Å². The Morgan fingerprint density at radius 1 is 1.47 bits per heavy atom. The first kappa shape index (κ1) is 15.7. The van der Waals surface area contributed by atoms with E-state index in [0.29, 0.717) is 17.9 Å². The van der Waals surface area contributed by atoms with Crippen LogP contribution in [0.2, 0.25) is 0 Å². The Morgan fingerprint density at radius 2 is 2.11 bits per heavy atom. The number of aromatic nitrogens is 2. The van der Waals surface area contributed by atoms with Gasteiger partial charge in [-0.15, -0.1) is 0 Å². The number of esters is 1. The van der Waals surface area contributed by atoms with E-state index in [1.165, 1.54) is 12.5 Å². The molecule has 0 N–H and O–H groups in total. The third-order valence-electron chi connectivity index (χ3n) is 2.60. The SMILES string of the molecule is CCOC(=O)c1cnn(CCS(C)(=O)=O)c1C(C)C. The molecule has 19 heavy (non-hydrogen) atoms. The lowest BCUT2D eigenvalue weighted by Gasteiger charge is -2.12. The topological polar surface area (TPSA) is 78.3 Å². The summed E-state index contributed by atoms with van der Waals surface area (Å²) in [6, 6.07) is 0. The molecule has 7 heteroatoms. The van der Waals surface area contributed by atoms with Gasteiger partial charge in [0, 0.05) is 6.26 Å². The second kappa shape index (κ2) is 6.18. The van der Waals surface area contributed by atoms with Crippen molar-refractivity contribution < 1.29 is 17.9 Å². The molecule has 0 aromatic carbocycles. The third kappa shape index (κ3) is 4.34. The van der Waals surface area contributed by atoms with Crippen LogP contribution in [0.15, 0.2) is 6.20 Å². The quantitative estimate of drug-likeness (QED) is 0.736. The average molecular weight is 288 g/mol. The molecule has 1 aromatic heterocycles. The summed E-state index contributed by atoms with van der Waals surface area (Å²) >= 11 is 0. The van der Waals surface area contributed by atoms with E-state index < -0.39 is 15.8 Å². The molecule has 0 atom stereocenters. The molecule has 0 spiro atoms. The maximum Gasteiger partial charge on any atom is 0.341 e. The van der Waals surface area contributed by atoms with Gasteiger partial charge in [-0.3, -0.25) is 4.68 Å². The number of nitrogens with zero attached hydrogens (tertiary/aromatic N) is 2. The van der Waals surface area contributed by atoms with Gasteiger partial charge >= 0.3 is 5.97 Å². The van der Waals surface area contributed by atoms with E-state index in [1.807, 2.05) is 13.8 Å². The summed E-state index contributed by atoms with van der Waals surface area (Å²) in [6.45, 7) is 6.13. The number of carbonyl (C=O) groups is 1. The molecule has 6 nitrogen and oxygen atoms in total. The first-order valence-electron chi connectivity index (χ1n) is 6.16. The fourth-order valence-electron chi connectivity index (χ4n) is 1.80. The lowest BCUT2D eigenvalue weighted by Crippen LogP contribution is -2.16. The maximum atomic E-state index is 11.8. The van der Waals surface area contributed by atoms with E-state index in [-0.39, 0.29) is 18.2 Å². The Bertz CT molecular complexity index is 546. The van der Waals surface area contributed by atoms with Crippen molar-refractivity contribution in [3.8, 4) is 0 Å². The predicted molar refractivity (Wildman–Crippen MR) is 72.0 cm³/mol. The van der Waals surface area contributed by atoms with Gasteiger partial charge in [-0.05, 0) is 12.8 Å². The minimum Gasteiger partial charge on any atom is -0.462 e. The highest BCUT2D eigenvalue weighted by Gasteiger charge is 2.21. The van der Waals surface area contributed by atoms with Crippen molar-refractivity contribution >= 4 is 15.8 Å². The van der Waals surface area contributed by atoms with E-state index in [4.69, 9.17) is 4.74 Å². The molecule has 0 saturated heterocycles. The number of ether oxygens (including phenoxy) is 1. The van der Waals surface area contributed by atoms with Crippen LogP contribution in [-0.2, 0) is 21.1 Å². The molecule has 0 bridgehead atoms. The van der Waals surface area contributed by atoms with Gasteiger partial charge in [0.2, 0.25) is 0 Å². The fourth-order valence-corrected chi connectivity index (χ4v) is 2.31. The van der Waals surface area contributed by atoms with E-state index in [0.717, 1.165) is 0 Å². The molecule has 1 heterocycles. The highest BCUT2D eigenvalue weighted by Crippen LogP contribution is 2.20. The largest absolute Gasteiger partial charge is 0.462 e. The summed E-state index contributed by atoms with van der Waals surface area (Å²) in [5, 5.41) is 4.10. The van der Waals surface area contributed by atoms with Gasteiger partial charge in [0.25, 0.3) is 0 Å². The van der Waals surface area contributed by atoms with E-state index in [2.05, 4.69) is 5.10 Å². The number of sulfone groups is 1. The number of carbonyl (C=O) groups excluding carboxylic acids is 1. The van der Waals surface area contributed by atoms with Crippen LogP contribution < -0.4 is 0 Å². The summed E-state index contributed by atoms with van der Waals surface area (Å²) in [5.74, 6) is -0.366. The molecule has 0 amide bonds. The molecule has 1 rings (SSSR count). The zero-order valence-electron chi connectivity index (χ0n) is 11.7. The normalized spacial score (nSPS) is 11.8. The molecule has 0 aliphatic carbocycles. The summed E-state index contributed by atoms with van der Waals surface area (Å²) < 4.78 is 28.9. The first-order valence-corrected chi connectivity index (χ1v) is 8.22. The van der Waals surface area contributed by atoms with Gasteiger partial charge in [-0.25, -0.2) is 13.2 Å². The molecular weight excluding hydrogens is 268 g/mol. The fraction of sp³-hybridized carbons (Fsp3) is 0.667. The third-order valence-corrected chi connectivity index (χ3v) is 3.52. The van der Waals surface area contributed by atoms with Gasteiger partial charge < -0.3 is 4.74 Å². The summed E-state index contributed by atoms with van der Waals surface area (Å²) in [6.07, 6.45) is 2.62. The van der Waals surface area contributed by atoms with Crippen molar-refractivity contribution in [1.29, 1.82) is 0 Å². The zero-order valence-corrected chi connectivity index (χ0v) is 12.5. The van der Waals surface area contributed by atoms with Crippen LogP contribution in [0, 0.1) is 0 Å². The Hall–Kier alpha value is -1.37. The van der Waals surface area contributed by atoms with E-state index >= 15 is 0 Å². The predicted octanol–water partition coefficient (Wildman–Crippen LogP) is 1.23. The Kier molecular flexibility index (Phi) is 5.11. The van der Waals surface area contributed by atoms with Crippen molar-refractivity contribution in [3.63, 3.8) is 0 Å². The van der Waals surface area contributed by atoms with Crippen molar-refractivity contribution in [2.45, 2.75) is 33.2 Å². The van der Waals surface area contributed by atoms with Crippen molar-refractivity contribution in [2.24, 2.45) is 0 Å². The summed E-state index contributed by atoms with van der Waals surface area (Å²) in [5.41, 5.74) is 1.12. The van der Waals surface area contributed by atoms with Crippen molar-refractivity contribution in [2.75, 3.05) is 18.6 Å². The molecule has 0 fully saturated rings. The average Bonchev–Trinajstić information content (AvgIpc) is 2.69. The molecule has 0 aliphatic rings. The second-order valence-corrected chi connectivity index (χ2v) is 6.93. The minimum atomic E-state index is -3.06. The minimum absolute atomic E-state index is 0.00331. The molecule has 0 unspecified atom stereocenters. The monoisotopic (exact) mass is 288 g/mol. The number of hydrogen-bond donors (Lipinski definition) is 0. The molecule has 0 aliphatic heterocycles. The number of rotatable bonds is 6. The summed E-state index contributed by atoms with van der Waals surface area (Å²) in [4.78, 5) is 11.8. The van der Waals surface area contributed by atoms with Gasteiger partial charge in [0.1, 0.15) is 15.4 Å². The first-order chi connectivity index (χ1) is 8.76. The van der Waals surface area contributed by atoms with Crippen LogP contribution in [0.5, 0.6) is 0 Å². The summed E-state index contributed by atoms with van der Waals surface area (Å²) in [7, 11) is -3.06. The lowest BCUT2D eigenvalue weighted by atomic mass is 10.1. The molecular formula is C12H20N2O4S. The van der Waals surface area contributed by atoms with Gasteiger partial charge in [-0.1, -0.05) is 13.8 Å². The van der Waals surface area contributed by atoms with Crippen molar-refractivity contribution in [1.82, 2.24) is 9.78 Å². The highest BCUT2D eigenvalue weighted by atomic mass is 32.2. The van der Waals surface area contributed by atoms with Crippen LogP contribution in [0.1, 0.15) is 42.7 Å². The standard InChI is InChI=1S/C12H20N2O4S/c1-5-18-12(15)10-8-13-14(11(10)9(2)3)6-7-19(4,16)17/h8-9H,5-7H2,1-4H3.